The number of fused-ring (bicyclic) bond motifs is 2. The van der Waals surface area contributed by atoms with Crippen molar-refractivity contribution in [1.29, 1.82) is 0 Å². The molecule has 2 unspecified atom stereocenters. The monoisotopic (exact) mass is 1310 g/mol. The number of nitrogens with zero attached hydrogens (tertiary/aromatic N) is 11. The zero-order chi connectivity index (χ0) is 66.6. The van der Waals surface area contributed by atoms with Crippen LogP contribution >= 0.6 is 0 Å². The molecule has 27 heteroatoms. The number of rotatable bonds is 39. The summed E-state index contributed by atoms with van der Waals surface area (Å²) in [5, 5.41) is 61.7. The second-order valence-corrected chi connectivity index (χ2v) is 26.4. The summed E-state index contributed by atoms with van der Waals surface area (Å²) < 4.78 is 1.91. The Kier molecular flexibility index (Phi) is 28.7. The van der Waals surface area contributed by atoms with E-state index in [4.69, 9.17) is 41.7 Å². The van der Waals surface area contributed by atoms with Gasteiger partial charge < -0.3 is 74.1 Å². The Hall–Kier alpha value is -7.72. The minimum Gasteiger partial charge on any atom is -0.481 e. The number of hydrogen-bond acceptors (Lipinski definition) is 22. The standard InChI is InChI=1S/C68H105N21O6/c1-87(68-81-59-18-6-5-17-56(59)65(83-68)79-52-29-39-88(40-30-52)62(91)28-27-58(69)66(94)95)45-54(84-70)43-73-34-9-31-71-32-11-37-75-53-16-7-13-47(41-53)48-21-26-57-60(42-48)80-67(82-64(57)78-51-24-22-50(23-25-51)77-61(90)19-8-20-63(92)93)76-44-55-46-89(86-85-55)38-12-35-72-33-10-36-74-49-14-3-2-4-15-49/h5-6,17-18,21,26,42-43,46-47,49-53,58,71-72,74-75H,2-4,7-16,19-20,22-25,27-41,44-45,69-70H2,1H3,(H,77,90)(H,92,93)(H,94,95)(H,79,81,83)(H2,76,78,80,82)/t47?,50?,51?,53?,58-/m0/s1. The lowest BCUT2D eigenvalue weighted by Gasteiger charge is -2.33. The predicted molar refractivity (Wildman–Crippen MR) is 374 cm³/mol. The number of carbonyl (C=O) groups excluding carboxylic acids is 2. The average molecular weight is 1310 g/mol. The molecule has 3 aliphatic carbocycles. The maximum Gasteiger partial charge on any atom is 0.320 e. The first-order valence-corrected chi connectivity index (χ1v) is 35.2. The summed E-state index contributed by atoms with van der Waals surface area (Å²) in [5.41, 5.74) is 10.0. The number of anilines is 4. The van der Waals surface area contributed by atoms with Crippen molar-refractivity contribution in [2.24, 2.45) is 21.7 Å². The van der Waals surface area contributed by atoms with E-state index in [2.05, 4.69) is 81.1 Å². The van der Waals surface area contributed by atoms with Crippen molar-refractivity contribution in [3.63, 3.8) is 0 Å². The third-order valence-corrected chi connectivity index (χ3v) is 18.9. The minimum absolute atomic E-state index is 0.00722. The van der Waals surface area contributed by atoms with Crippen LogP contribution in [0.3, 0.4) is 0 Å². The Morgan fingerprint density at radius 1 is 0.705 bits per heavy atom. The molecule has 95 heavy (non-hydrogen) atoms. The number of carbonyl (C=O) groups is 4. The number of para-hydroxylation sites is 1. The van der Waals surface area contributed by atoms with Crippen LogP contribution in [0.2, 0.25) is 0 Å². The molecule has 9 rings (SSSR count). The van der Waals surface area contributed by atoms with E-state index in [0.717, 1.165) is 156 Å². The van der Waals surface area contributed by atoms with Gasteiger partial charge in [-0.3, -0.25) is 28.9 Å². The van der Waals surface area contributed by atoms with Gasteiger partial charge in [-0.25, -0.2) is 9.97 Å². The average Bonchev–Trinajstić information content (AvgIpc) is 1.08. The first kappa shape index (κ1) is 71.6. The van der Waals surface area contributed by atoms with Crippen molar-refractivity contribution in [2.75, 3.05) is 93.3 Å². The van der Waals surface area contributed by atoms with E-state index < -0.39 is 18.0 Å². The number of hydrogen-bond donors (Lipinski definition) is 12. The van der Waals surface area contributed by atoms with Gasteiger partial charge in [-0.2, -0.15) is 15.1 Å². The number of aryl methyl sites for hydroxylation is 1. The summed E-state index contributed by atoms with van der Waals surface area (Å²) in [6.07, 6.45) is 24.5. The molecular formula is C68H105N21O6. The van der Waals surface area contributed by atoms with Gasteiger partial charge in [0.2, 0.25) is 23.7 Å². The zero-order valence-electron chi connectivity index (χ0n) is 55.8. The molecule has 2 aromatic carbocycles. The first-order chi connectivity index (χ1) is 46.3. The summed E-state index contributed by atoms with van der Waals surface area (Å²) in [4.78, 5) is 75.8. The lowest BCUT2D eigenvalue weighted by molar-refractivity contribution is -0.139. The zero-order valence-corrected chi connectivity index (χ0v) is 55.8. The van der Waals surface area contributed by atoms with Gasteiger partial charge in [0.15, 0.2) is 0 Å². The van der Waals surface area contributed by atoms with Crippen LogP contribution in [0.15, 0.2) is 58.8 Å². The number of carboxylic acids is 2. The Bertz CT molecular complexity index is 3270. The van der Waals surface area contributed by atoms with E-state index in [1.165, 1.54) is 37.7 Å². The van der Waals surface area contributed by atoms with Gasteiger partial charge in [-0.05, 0) is 184 Å². The van der Waals surface area contributed by atoms with Gasteiger partial charge in [-0.15, -0.1) is 5.10 Å². The number of nitrogens with two attached hydrogens (primary N) is 2. The fourth-order valence-electron chi connectivity index (χ4n) is 13.5. The predicted octanol–water partition coefficient (Wildman–Crippen LogP) is 6.27. The van der Waals surface area contributed by atoms with Gasteiger partial charge >= 0.3 is 11.9 Å². The number of likely N-dealkylation sites (tertiary alicyclic amines) is 1. The van der Waals surface area contributed by atoms with Gasteiger partial charge in [0.05, 0.1) is 36.0 Å². The number of aliphatic carboxylic acids is 2. The summed E-state index contributed by atoms with van der Waals surface area (Å²) in [7, 11) is 1.90. The lowest BCUT2D eigenvalue weighted by atomic mass is 9.81. The van der Waals surface area contributed by atoms with E-state index in [-0.39, 0.29) is 55.6 Å². The van der Waals surface area contributed by atoms with Crippen LogP contribution in [0, 0.1) is 0 Å². The molecule has 14 N–H and O–H groups in total. The first-order valence-electron chi connectivity index (χ1n) is 35.2. The van der Waals surface area contributed by atoms with E-state index in [0.29, 0.717) is 93.4 Å². The van der Waals surface area contributed by atoms with Crippen LogP contribution in [0.25, 0.3) is 21.8 Å². The molecule has 4 fully saturated rings. The van der Waals surface area contributed by atoms with E-state index >= 15 is 0 Å². The number of amides is 2. The highest BCUT2D eigenvalue weighted by molar-refractivity contribution is 6.32. The van der Waals surface area contributed by atoms with E-state index in [9.17, 15) is 19.2 Å². The van der Waals surface area contributed by atoms with Crippen LogP contribution in [-0.2, 0) is 32.3 Å². The highest BCUT2D eigenvalue weighted by Gasteiger charge is 2.28. The molecule has 27 nitrogen and oxygen atoms in total. The van der Waals surface area contributed by atoms with Crippen LogP contribution in [-0.4, -0.2) is 194 Å². The Morgan fingerprint density at radius 3 is 2.16 bits per heavy atom. The Balaban J connectivity index is 0.698. The smallest absolute Gasteiger partial charge is 0.320 e. The molecule has 0 radical (unpaired) electrons. The van der Waals surface area contributed by atoms with Crippen LogP contribution in [0.4, 0.5) is 23.5 Å². The molecule has 5 aromatic rings. The largest absolute Gasteiger partial charge is 0.481 e. The van der Waals surface area contributed by atoms with Crippen LogP contribution in [0.1, 0.15) is 171 Å². The number of benzene rings is 2. The quantitative estimate of drug-likeness (QED) is 0.00893. The maximum absolute atomic E-state index is 12.8. The lowest BCUT2D eigenvalue weighted by Crippen LogP contribution is -2.43. The van der Waals surface area contributed by atoms with Crippen molar-refractivity contribution in [3.8, 4) is 0 Å². The minimum atomic E-state index is -1.10. The van der Waals surface area contributed by atoms with Crippen molar-refractivity contribution in [3.05, 3.63) is 59.9 Å². The molecule has 2 amide bonds. The van der Waals surface area contributed by atoms with Gasteiger partial charge in [-0.1, -0.05) is 49.1 Å². The molecule has 4 aliphatic rings. The second kappa shape index (κ2) is 38.1. The van der Waals surface area contributed by atoms with E-state index in [1.807, 2.05) is 47.1 Å². The molecule has 0 spiro atoms. The van der Waals surface area contributed by atoms with Gasteiger partial charge in [0.1, 0.15) is 23.4 Å². The fraction of sp³-hybridized carbons (Fsp3) is 0.647. The third kappa shape index (κ3) is 23.6. The maximum atomic E-state index is 12.8. The third-order valence-electron chi connectivity index (χ3n) is 18.9. The molecule has 518 valence electrons. The number of piperidine rings is 1. The van der Waals surface area contributed by atoms with Gasteiger partial charge in [0, 0.05) is 99.7 Å². The Labute approximate surface area is 558 Å². The fourth-order valence-corrected chi connectivity index (χ4v) is 13.5. The normalized spacial score (nSPS) is 19.5. The molecule has 0 bridgehead atoms. The van der Waals surface area contributed by atoms with Crippen molar-refractivity contribution < 1.29 is 29.4 Å². The molecule has 1 aliphatic heterocycles. The summed E-state index contributed by atoms with van der Waals surface area (Å²) in [5.74, 6) is 6.64. The highest BCUT2D eigenvalue weighted by atomic mass is 16.4. The van der Waals surface area contributed by atoms with Crippen molar-refractivity contribution in [2.45, 2.75) is 209 Å². The number of carboxylic acid groups (broad SMARTS) is 2. The molecule has 3 saturated carbocycles. The van der Waals surface area contributed by atoms with E-state index in [1.54, 1.807) is 11.1 Å². The van der Waals surface area contributed by atoms with Gasteiger partial charge in [0.25, 0.3) is 0 Å². The van der Waals surface area contributed by atoms with Crippen molar-refractivity contribution >= 4 is 81.0 Å². The molecule has 1 saturated heterocycles. The summed E-state index contributed by atoms with van der Waals surface area (Å²) >= 11 is 0. The topological polar surface area (TPSA) is 370 Å². The Morgan fingerprint density at radius 2 is 1.40 bits per heavy atom. The molecule has 3 aromatic heterocycles. The molecule has 4 heterocycles. The molecular weight excluding hydrogens is 1210 g/mol. The number of hydrazone groups is 1. The SMILES string of the molecule is CN(CC(C=NCCCNCCCNC1CCCC(c2ccc3c(NC4CCC(NC(=O)CCCC(=O)O)CC4)nc(NCc4cn(CCCNCCCNC5CCCCC5)nn4)nc3c2)C1)=NN)c1nc(NC2CCN(C(=O)CC[C@H](N)C(=O)O)CC2)c2ccccc2n1. The van der Waals surface area contributed by atoms with Crippen LogP contribution < -0.4 is 59.0 Å². The molecule has 3 atom stereocenters. The van der Waals surface area contributed by atoms with Crippen molar-refractivity contribution in [1.82, 2.24) is 66.4 Å². The number of aliphatic imine (C=N–C) groups is 1. The second-order valence-electron chi connectivity index (χ2n) is 26.4. The summed E-state index contributed by atoms with van der Waals surface area (Å²) in [6, 6.07) is 14.9. The number of aromatic nitrogens is 7. The number of nitrogens with one attached hydrogen (secondary N) is 8. The highest BCUT2D eigenvalue weighted by Crippen LogP contribution is 2.36. The summed E-state index contributed by atoms with van der Waals surface area (Å²) in [6.45, 7) is 8.99. The van der Waals surface area contributed by atoms with Crippen LogP contribution in [0.5, 0.6) is 0 Å².